The van der Waals surface area contributed by atoms with E-state index < -0.39 is 0 Å². The van der Waals surface area contributed by atoms with Gasteiger partial charge in [-0.1, -0.05) is 30.3 Å². The van der Waals surface area contributed by atoms with E-state index >= 15 is 0 Å². The van der Waals surface area contributed by atoms with Crippen LogP contribution in [0.25, 0.3) is 5.69 Å². The summed E-state index contributed by atoms with van der Waals surface area (Å²) in [5.41, 5.74) is 1.98. The van der Waals surface area contributed by atoms with Crippen LogP contribution in [0, 0.1) is 0 Å². The third-order valence-corrected chi connectivity index (χ3v) is 4.16. The average Bonchev–Trinajstić information content (AvgIpc) is 3.11. The van der Waals surface area contributed by atoms with Crippen molar-refractivity contribution in [3.05, 3.63) is 71.9 Å². The maximum Gasteiger partial charge on any atom is 0.274 e. The smallest absolute Gasteiger partial charge is 0.274 e. The van der Waals surface area contributed by atoms with Gasteiger partial charge in [0.2, 0.25) is 5.91 Å². The second kappa shape index (κ2) is 8.39. The minimum Gasteiger partial charge on any atom is -0.497 e. The van der Waals surface area contributed by atoms with Crippen LogP contribution in [0.3, 0.4) is 0 Å². The van der Waals surface area contributed by atoms with Crippen molar-refractivity contribution in [2.75, 3.05) is 19.5 Å². The highest BCUT2D eigenvalue weighted by atomic mass is 16.5. The number of rotatable bonds is 6. The molecule has 7 nitrogen and oxygen atoms in total. The third kappa shape index (κ3) is 4.37. The van der Waals surface area contributed by atoms with Crippen molar-refractivity contribution in [2.45, 2.75) is 13.5 Å². The fourth-order valence-corrected chi connectivity index (χ4v) is 2.79. The van der Waals surface area contributed by atoms with Crippen molar-refractivity contribution in [1.29, 1.82) is 0 Å². The summed E-state index contributed by atoms with van der Waals surface area (Å²) >= 11 is 0. The summed E-state index contributed by atoms with van der Waals surface area (Å²) in [6.07, 6.45) is 0. The molecular formula is C21H22N4O3. The van der Waals surface area contributed by atoms with Crippen LogP contribution in [-0.4, -0.2) is 40.7 Å². The number of anilines is 1. The van der Waals surface area contributed by atoms with Gasteiger partial charge in [-0.15, -0.1) is 0 Å². The number of hydrogen-bond donors (Lipinski definition) is 1. The monoisotopic (exact) mass is 378 g/mol. The van der Waals surface area contributed by atoms with Gasteiger partial charge in [-0.25, -0.2) is 4.68 Å². The van der Waals surface area contributed by atoms with E-state index in [1.54, 1.807) is 29.8 Å². The quantitative estimate of drug-likeness (QED) is 0.715. The van der Waals surface area contributed by atoms with Crippen molar-refractivity contribution < 1.29 is 14.3 Å². The maximum absolute atomic E-state index is 12.9. The lowest BCUT2D eigenvalue weighted by Gasteiger charge is -2.16. The number of ether oxygens (including phenoxy) is 1. The van der Waals surface area contributed by atoms with Crippen LogP contribution in [0.1, 0.15) is 23.0 Å². The van der Waals surface area contributed by atoms with Gasteiger partial charge in [0.15, 0.2) is 5.69 Å². The first-order valence-electron chi connectivity index (χ1n) is 8.79. The first-order chi connectivity index (χ1) is 13.5. The SMILES string of the molecule is COc1ccc(CN(C)C(=O)c2cc(NC(C)=O)n(-c3ccccc3)n2)cc1. The molecular weight excluding hydrogens is 356 g/mol. The third-order valence-electron chi connectivity index (χ3n) is 4.16. The molecule has 3 aromatic rings. The molecule has 2 aromatic carbocycles. The van der Waals surface area contributed by atoms with Crippen LogP contribution >= 0.6 is 0 Å². The minimum atomic E-state index is -0.239. The van der Waals surface area contributed by atoms with Crippen molar-refractivity contribution in [3.8, 4) is 11.4 Å². The Labute approximate surface area is 163 Å². The van der Waals surface area contributed by atoms with Gasteiger partial charge in [-0.3, -0.25) is 9.59 Å². The highest BCUT2D eigenvalue weighted by Crippen LogP contribution is 2.19. The number of nitrogens with zero attached hydrogens (tertiary/aromatic N) is 3. The molecule has 2 amide bonds. The van der Waals surface area contributed by atoms with Crippen LogP contribution < -0.4 is 10.1 Å². The van der Waals surface area contributed by atoms with Gasteiger partial charge in [-0.2, -0.15) is 5.10 Å². The molecule has 0 atom stereocenters. The van der Waals surface area contributed by atoms with Crippen LogP contribution in [0.2, 0.25) is 0 Å². The molecule has 0 aliphatic heterocycles. The molecule has 1 heterocycles. The van der Waals surface area contributed by atoms with Crippen molar-refractivity contribution in [1.82, 2.24) is 14.7 Å². The molecule has 1 aromatic heterocycles. The van der Waals surface area contributed by atoms with Crippen molar-refractivity contribution in [2.24, 2.45) is 0 Å². The molecule has 0 radical (unpaired) electrons. The molecule has 7 heteroatoms. The number of hydrogen-bond acceptors (Lipinski definition) is 4. The number of methoxy groups -OCH3 is 1. The van der Waals surface area contributed by atoms with E-state index in [4.69, 9.17) is 4.74 Å². The van der Waals surface area contributed by atoms with Crippen molar-refractivity contribution in [3.63, 3.8) is 0 Å². The molecule has 28 heavy (non-hydrogen) atoms. The Balaban J connectivity index is 1.84. The van der Waals surface area contributed by atoms with Crippen LogP contribution in [-0.2, 0) is 11.3 Å². The fourth-order valence-electron chi connectivity index (χ4n) is 2.79. The molecule has 0 saturated heterocycles. The average molecular weight is 378 g/mol. The number of amides is 2. The topological polar surface area (TPSA) is 76.5 Å². The van der Waals surface area contributed by atoms with Gasteiger partial charge < -0.3 is 15.0 Å². The first kappa shape index (κ1) is 19.2. The van der Waals surface area contributed by atoms with E-state index in [-0.39, 0.29) is 17.5 Å². The molecule has 0 unspecified atom stereocenters. The zero-order valence-electron chi connectivity index (χ0n) is 16.0. The lowest BCUT2D eigenvalue weighted by molar-refractivity contribution is -0.114. The molecule has 0 bridgehead atoms. The van der Waals surface area contributed by atoms with Crippen LogP contribution in [0.4, 0.5) is 5.82 Å². The standard InChI is InChI=1S/C21H22N4O3/c1-15(26)22-20-13-19(23-25(20)17-7-5-4-6-8-17)21(27)24(2)14-16-9-11-18(28-3)12-10-16/h4-13H,14H2,1-3H3,(H,22,26). The highest BCUT2D eigenvalue weighted by molar-refractivity contribution is 5.95. The highest BCUT2D eigenvalue weighted by Gasteiger charge is 2.19. The van der Waals surface area contributed by atoms with E-state index in [0.29, 0.717) is 12.4 Å². The lowest BCUT2D eigenvalue weighted by atomic mass is 10.2. The predicted molar refractivity (Wildman–Crippen MR) is 107 cm³/mol. The number of carbonyl (C=O) groups excluding carboxylic acids is 2. The van der Waals surface area contributed by atoms with Gasteiger partial charge in [0.05, 0.1) is 12.8 Å². The Morgan fingerprint density at radius 2 is 1.79 bits per heavy atom. The molecule has 0 aliphatic rings. The van der Waals surface area contributed by atoms with Crippen LogP contribution in [0.15, 0.2) is 60.7 Å². The van der Waals surface area contributed by atoms with E-state index in [1.807, 2.05) is 54.6 Å². The minimum absolute atomic E-state index is 0.234. The Morgan fingerprint density at radius 3 is 2.39 bits per heavy atom. The largest absolute Gasteiger partial charge is 0.497 e. The summed E-state index contributed by atoms with van der Waals surface area (Å²) in [4.78, 5) is 26.0. The lowest BCUT2D eigenvalue weighted by Crippen LogP contribution is -2.26. The van der Waals surface area contributed by atoms with Gasteiger partial charge in [0, 0.05) is 26.6 Å². The molecule has 0 fully saturated rings. The van der Waals surface area contributed by atoms with Crippen LogP contribution in [0.5, 0.6) is 5.75 Å². The summed E-state index contributed by atoms with van der Waals surface area (Å²) in [7, 11) is 3.33. The van der Waals surface area contributed by atoms with Gasteiger partial charge in [0.1, 0.15) is 11.6 Å². The maximum atomic E-state index is 12.9. The van der Waals surface area contributed by atoms with E-state index in [1.165, 1.54) is 6.92 Å². The summed E-state index contributed by atoms with van der Waals surface area (Å²) in [5, 5.41) is 7.14. The van der Waals surface area contributed by atoms with E-state index in [9.17, 15) is 9.59 Å². The summed E-state index contributed by atoms with van der Waals surface area (Å²) in [5.74, 6) is 0.735. The first-order valence-corrected chi connectivity index (χ1v) is 8.79. The number of benzene rings is 2. The fraction of sp³-hybridized carbons (Fsp3) is 0.190. The Bertz CT molecular complexity index is 965. The summed E-state index contributed by atoms with van der Waals surface area (Å²) in [6.45, 7) is 1.84. The van der Waals surface area contributed by atoms with Crippen molar-refractivity contribution >= 4 is 17.6 Å². The van der Waals surface area contributed by atoms with Gasteiger partial charge >= 0.3 is 0 Å². The normalized spacial score (nSPS) is 10.4. The second-order valence-corrected chi connectivity index (χ2v) is 6.35. The zero-order chi connectivity index (χ0) is 20.1. The number of para-hydroxylation sites is 1. The molecule has 0 spiro atoms. The van der Waals surface area contributed by atoms with Gasteiger partial charge in [0.25, 0.3) is 5.91 Å². The number of nitrogens with one attached hydrogen (secondary N) is 1. The predicted octanol–water partition coefficient (Wildman–Crippen LogP) is 3.11. The summed E-state index contributed by atoms with van der Waals surface area (Å²) < 4.78 is 6.70. The molecule has 0 aliphatic carbocycles. The molecule has 3 rings (SSSR count). The summed E-state index contributed by atoms with van der Waals surface area (Å²) in [6, 6.07) is 18.4. The molecule has 144 valence electrons. The second-order valence-electron chi connectivity index (χ2n) is 6.35. The Morgan fingerprint density at radius 1 is 1.11 bits per heavy atom. The van der Waals surface area contributed by atoms with Gasteiger partial charge in [-0.05, 0) is 29.8 Å². The zero-order valence-corrected chi connectivity index (χ0v) is 16.0. The van der Waals surface area contributed by atoms with E-state index in [2.05, 4.69) is 10.4 Å². The molecule has 1 N–H and O–H groups in total. The Kier molecular flexibility index (Phi) is 5.74. The van der Waals surface area contributed by atoms with E-state index in [0.717, 1.165) is 17.0 Å². The number of carbonyl (C=O) groups is 2. The molecule has 0 saturated carbocycles. The Hall–Kier alpha value is -3.61. The number of aromatic nitrogens is 2.